The highest BCUT2D eigenvalue weighted by atomic mass is 35.5. The molecule has 11 heteroatoms. The van der Waals surface area contributed by atoms with Gasteiger partial charge in [0.15, 0.2) is 0 Å². The summed E-state index contributed by atoms with van der Waals surface area (Å²) in [5.41, 5.74) is 3.17. The Labute approximate surface area is 219 Å². The molecule has 36 heavy (non-hydrogen) atoms. The van der Waals surface area contributed by atoms with Gasteiger partial charge in [0.05, 0.1) is 21.3 Å². The van der Waals surface area contributed by atoms with Crippen molar-refractivity contribution in [3.8, 4) is 17.0 Å². The van der Waals surface area contributed by atoms with Crippen LogP contribution in [0.2, 0.25) is 10.0 Å². The topological polar surface area (TPSA) is 101 Å². The molecule has 4 heterocycles. The van der Waals surface area contributed by atoms with Crippen molar-refractivity contribution in [3.63, 3.8) is 0 Å². The van der Waals surface area contributed by atoms with Crippen LogP contribution in [0.1, 0.15) is 25.5 Å². The summed E-state index contributed by atoms with van der Waals surface area (Å²) in [6.45, 7) is 4.59. The van der Waals surface area contributed by atoms with Crippen LogP contribution in [0.15, 0.2) is 48.9 Å². The van der Waals surface area contributed by atoms with E-state index in [0.29, 0.717) is 27.9 Å². The van der Waals surface area contributed by atoms with E-state index in [1.165, 1.54) is 6.26 Å². The number of aromatic nitrogens is 4. The summed E-state index contributed by atoms with van der Waals surface area (Å²) in [4.78, 5) is 10.7. The van der Waals surface area contributed by atoms with Crippen molar-refractivity contribution in [2.24, 2.45) is 5.92 Å². The van der Waals surface area contributed by atoms with E-state index in [9.17, 15) is 8.42 Å². The van der Waals surface area contributed by atoms with E-state index in [1.54, 1.807) is 18.6 Å². The molecule has 3 atom stereocenters. The average molecular weight is 546 g/mol. The molecule has 1 aliphatic rings. The van der Waals surface area contributed by atoms with Crippen LogP contribution >= 0.6 is 23.2 Å². The summed E-state index contributed by atoms with van der Waals surface area (Å²) < 4.78 is 29.4. The predicted octanol–water partition coefficient (Wildman–Crippen LogP) is 5.34. The van der Waals surface area contributed by atoms with Gasteiger partial charge in [0.2, 0.25) is 0 Å². The molecular weight excluding hydrogens is 521 g/mol. The first-order valence-corrected chi connectivity index (χ1v) is 14.3. The summed E-state index contributed by atoms with van der Waals surface area (Å²) in [5.74, 6) is 1.79. The van der Waals surface area contributed by atoms with Crippen molar-refractivity contribution in [2.75, 3.05) is 23.5 Å². The maximum atomic E-state index is 11.6. The van der Waals surface area contributed by atoms with Gasteiger partial charge in [-0.25, -0.2) is 13.4 Å². The molecule has 8 nitrogen and oxygen atoms in total. The summed E-state index contributed by atoms with van der Waals surface area (Å²) in [6, 6.07) is 9.74. The van der Waals surface area contributed by atoms with Crippen LogP contribution in [-0.4, -0.2) is 53.2 Å². The second-order valence-corrected chi connectivity index (χ2v) is 12.2. The first kappa shape index (κ1) is 24.8. The Balaban J connectivity index is 1.35. The molecule has 0 unspecified atom stereocenters. The molecule has 1 aliphatic heterocycles. The Morgan fingerprint density at radius 2 is 1.92 bits per heavy atom. The highest BCUT2D eigenvalue weighted by molar-refractivity contribution is 7.90. The number of hydrogen-bond donors (Lipinski definition) is 1. The molecule has 0 saturated carbocycles. The molecule has 188 valence electrons. The van der Waals surface area contributed by atoms with E-state index >= 15 is 0 Å². The van der Waals surface area contributed by atoms with Gasteiger partial charge in [-0.3, -0.25) is 10.1 Å². The lowest BCUT2D eigenvalue weighted by Crippen LogP contribution is -2.57. The lowest BCUT2D eigenvalue weighted by molar-refractivity contribution is 0.227. The van der Waals surface area contributed by atoms with Gasteiger partial charge in [0.1, 0.15) is 33.2 Å². The van der Waals surface area contributed by atoms with Crippen LogP contribution in [0.25, 0.3) is 22.2 Å². The predicted molar refractivity (Wildman–Crippen MR) is 143 cm³/mol. The fraction of sp³-hybridized carbons (Fsp3) is 0.320. The van der Waals surface area contributed by atoms with Crippen molar-refractivity contribution < 1.29 is 13.2 Å². The normalized spacial score (nSPS) is 18.8. The first-order chi connectivity index (χ1) is 17.1. The second-order valence-electron chi connectivity index (χ2n) is 9.21. The van der Waals surface area contributed by atoms with E-state index < -0.39 is 9.84 Å². The minimum absolute atomic E-state index is 0.119. The highest BCUT2D eigenvalue weighted by Crippen LogP contribution is 2.36. The lowest BCUT2D eigenvalue weighted by Gasteiger charge is -2.47. The van der Waals surface area contributed by atoms with Gasteiger partial charge in [-0.1, -0.05) is 23.2 Å². The molecule has 3 aromatic heterocycles. The third-order valence-electron chi connectivity index (χ3n) is 6.58. The Morgan fingerprint density at radius 3 is 2.56 bits per heavy atom. The van der Waals surface area contributed by atoms with Gasteiger partial charge >= 0.3 is 0 Å². The minimum atomic E-state index is -3.00. The number of fused-ring (bicyclic) bond motifs is 1. The zero-order valence-electron chi connectivity index (χ0n) is 19.9. The number of pyridine rings is 2. The zero-order valence-corrected chi connectivity index (χ0v) is 22.3. The SMILES string of the molecule is C[C@@H](Oc1ccc2[nH]nc(-c3ccc(N4C[C@@H](CS(C)(=O)=O)[C@@H]4C)nc3)c2c1)c1c(Cl)cncc1Cl. The van der Waals surface area contributed by atoms with Crippen LogP contribution in [0, 0.1) is 5.92 Å². The zero-order chi connectivity index (χ0) is 25.6. The molecule has 0 bridgehead atoms. The second kappa shape index (κ2) is 9.53. The minimum Gasteiger partial charge on any atom is -0.486 e. The number of nitrogens with one attached hydrogen (secondary N) is 1. The molecule has 0 aliphatic carbocycles. The summed E-state index contributed by atoms with van der Waals surface area (Å²) in [5, 5.41) is 9.35. The van der Waals surface area contributed by atoms with Crippen molar-refractivity contribution in [1.82, 2.24) is 20.2 Å². The van der Waals surface area contributed by atoms with Gasteiger partial charge in [-0.05, 0) is 44.2 Å². The van der Waals surface area contributed by atoms with Crippen molar-refractivity contribution in [3.05, 3.63) is 64.5 Å². The van der Waals surface area contributed by atoms with Crippen molar-refractivity contribution >= 4 is 49.8 Å². The molecule has 1 fully saturated rings. The van der Waals surface area contributed by atoms with Crippen molar-refractivity contribution in [1.29, 1.82) is 0 Å². The number of hydrogen-bond acceptors (Lipinski definition) is 7. The number of H-pyrrole nitrogens is 1. The lowest BCUT2D eigenvalue weighted by atomic mass is 9.92. The molecule has 0 radical (unpaired) electrons. The van der Waals surface area contributed by atoms with E-state index in [2.05, 4.69) is 25.1 Å². The molecular formula is C25H25Cl2N5O3S. The number of aromatic amines is 1. The largest absolute Gasteiger partial charge is 0.486 e. The molecule has 1 saturated heterocycles. The molecule has 0 amide bonds. The Kier molecular flexibility index (Phi) is 6.57. The monoisotopic (exact) mass is 545 g/mol. The van der Waals surface area contributed by atoms with Crippen LogP contribution in [0.3, 0.4) is 0 Å². The van der Waals surface area contributed by atoms with Crippen LogP contribution in [0.5, 0.6) is 5.75 Å². The molecule has 1 aromatic carbocycles. The summed E-state index contributed by atoms with van der Waals surface area (Å²) >= 11 is 12.6. The number of halogens is 2. The van der Waals surface area contributed by atoms with Gasteiger partial charge in [-0.15, -0.1) is 0 Å². The summed E-state index contributed by atoms with van der Waals surface area (Å²) in [7, 11) is -3.00. The Morgan fingerprint density at radius 1 is 1.17 bits per heavy atom. The van der Waals surface area contributed by atoms with Gasteiger partial charge < -0.3 is 9.64 Å². The van der Waals surface area contributed by atoms with Gasteiger partial charge in [0.25, 0.3) is 0 Å². The van der Waals surface area contributed by atoms with E-state index in [1.807, 2.05) is 44.2 Å². The molecule has 0 spiro atoms. The smallest absolute Gasteiger partial charge is 0.147 e. The number of nitrogens with zero attached hydrogens (tertiary/aromatic N) is 4. The summed E-state index contributed by atoms with van der Waals surface area (Å²) in [6.07, 6.45) is 5.78. The quantitative estimate of drug-likeness (QED) is 0.334. The molecule has 1 N–H and O–H groups in total. The number of anilines is 1. The van der Waals surface area contributed by atoms with Crippen molar-refractivity contribution in [2.45, 2.75) is 26.0 Å². The number of rotatable bonds is 7. The molecule has 4 aromatic rings. The number of ether oxygens (including phenoxy) is 1. The standard InChI is InChI=1S/C25H25Cl2N5O3S/c1-14-17(13-36(3,33)34)12-32(14)23-7-4-16(9-29-23)25-19-8-18(5-6-22(19)30-31-25)35-15(2)24-20(26)10-28-11-21(24)27/h4-11,14-15,17H,12-13H2,1-3H3,(H,30,31)/t14-,15+,17-/m0/s1. The number of benzene rings is 1. The van der Waals surface area contributed by atoms with E-state index in [-0.39, 0.29) is 23.8 Å². The van der Waals surface area contributed by atoms with Gasteiger partial charge in [-0.2, -0.15) is 5.10 Å². The fourth-order valence-electron chi connectivity index (χ4n) is 4.63. The Hall–Kier alpha value is -2.88. The van der Waals surface area contributed by atoms with Crippen LogP contribution in [0.4, 0.5) is 5.82 Å². The van der Waals surface area contributed by atoms with E-state index in [4.69, 9.17) is 27.9 Å². The van der Waals surface area contributed by atoms with Crippen LogP contribution < -0.4 is 9.64 Å². The fourth-order valence-corrected chi connectivity index (χ4v) is 6.46. The number of sulfone groups is 1. The third kappa shape index (κ3) is 4.87. The van der Waals surface area contributed by atoms with Gasteiger partial charge in [0, 0.05) is 59.9 Å². The third-order valence-corrected chi connectivity index (χ3v) is 8.22. The van der Waals surface area contributed by atoms with E-state index in [0.717, 1.165) is 28.0 Å². The van der Waals surface area contributed by atoms with Crippen LogP contribution in [-0.2, 0) is 9.84 Å². The maximum absolute atomic E-state index is 11.6. The Bertz CT molecular complexity index is 1500. The average Bonchev–Trinajstić information content (AvgIpc) is 3.24. The first-order valence-electron chi connectivity index (χ1n) is 11.4. The highest BCUT2D eigenvalue weighted by Gasteiger charge is 2.38. The molecule has 5 rings (SSSR count). The maximum Gasteiger partial charge on any atom is 0.147 e.